The number of sulfonamides is 1. The molecule has 2 aliphatic carbocycles. The summed E-state index contributed by atoms with van der Waals surface area (Å²) in [5.74, 6) is -8.20. The van der Waals surface area contributed by atoms with Crippen molar-refractivity contribution >= 4 is 55.3 Å². The lowest BCUT2D eigenvalue weighted by molar-refractivity contribution is -0.123. The predicted octanol–water partition coefficient (Wildman–Crippen LogP) is 6.85. The van der Waals surface area contributed by atoms with Crippen molar-refractivity contribution in [1.82, 2.24) is 35.3 Å². The Morgan fingerprint density at radius 1 is 1.10 bits per heavy atom. The third kappa shape index (κ3) is 5.82. The van der Waals surface area contributed by atoms with Crippen molar-refractivity contribution in [3.63, 3.8) is 0 Å². The molecule has 52 heavy (non-hydrogen) atoms. The Morgan fingerprint density at radius 3 is 2.56 bits per heavy atom. The van der Waals surface area contributed by atoms with E-state index >= 15 is 8.78 Å². The number of halogens is 7. The second-order valence-electron chi connectivity index (χ2n) is 12.9. The number of nitrogens with one attached hydrogen (secondary N) is 4. The van der Waals surface area contributed by atoms with Gasteiger partial charge in [0.1, 0.15) is 29.6 Å². The number of anilines is 1. The van der Waals surface area contributed by atoms with E-state index in [0.29, 0.717) is 32.9 Å². The fourth-order valence-electron chi connectivity index (χ4n) is 7.18. The fourth-order valence-corrected chi connectivity index (χ4v) is 7.92. The summed E-state index contributed by atoms with van der Waals surface area (Å²) in [5, 5.41) is 13.7. The number of hydrogen-bond donors (Lipinski definition) is 4. The van der Waals surface area contributed by atoms with E-state index in [1.165, 1.54) is 6.07 Å². The van der Waals surface area contributed by atoms with Crippen molar-refractivity contribution in [2.45, 2.75) is 43.7 Å². The zero-order valence-corrected chi connectivity index (χ0v) is 28.2. The van der Waals surface area contributed by atoms with E-state index in [0.717, 1.165) is 18.4 Å². The van der Waals surface area contributed by atoms with Crippen molar-refractivity contribution in [3.8, 4) is 11.1 Å². The molecule has 8 rings (SSSR count). The van der Waals surface area contributed by atoms with Gasteiger partial charge in [0.05, 0.1) is 45.0 Å². The van der Waals surface area contributed by atoms with Gasteiger partial charge in [-0.3, -0.25) is 19.3 Å². The SMILES string of the molecule is CS(=O)(=O)Nc1n[nH]c2c(-c3cc4[nH]ccc4nc3[C@H](Cc3cc(F)cc(F)c3)NC(=O)Cn3nc(C(F)F)c4c3C(F)(F)[C@@H]3C[C@H]43)ccc(Cl)c12. The van der Waals surface area contributed by atoms with Crippen LogP contribution in [0.3, 0.4) is 0 Å². The van der Waals surface area contributed by atoms with Crippen LogP contribution in [-0.2, 0) is 33.7 Å². The van der Waals surface area contributed by atoms with E-state index in [2.05, 4.69) is 30.3 Å². The van der Waals surface area contributed by atoms with E-state index in [-0.39, 0.29) is 51.4 Å². The van der Waals surface area contributed by atoms with E-state index in [1.807, 2.05) is 0 Å². The first-order valence-corrected chi connectivity index (χ1v) is 18.0. The average Bonchev–Trinajstić information content (AvgIpc) is 3.29. The highest BCUT2D eigenvalue weighted by atomic mass is 35.5. The summed E-state index contributed by atoms with van der Waals surface area (Å²) in [5.41, 5.74) is 0.416. The maximum atomic E-state index is 15.3. The van der Waals surface area contributed by atoms with Gasteiger partial charge in [-0.15, -0.1) is 0 Å². The number of aromatic nitrogens is 6. The lowest BCUT2D eigenvalue weighted by Gasteiger charge is -2.23. The molecule has 0 radical (unpaired) electrons. The molecular formula is C33H25ClF6N8O3S. The molecule has 3 atom stereocenters. The van der Waals surface area contributed by atoms with Crippen molar-refractivity contribution < 1.29 is 39.6 Å². The Kier molecular flexibility index (Phi) is 7.83. The van der Waals surface area contributed by atoms with E-state index in [1.54, 1.807) is 24.4 Å². The van der Waals surface area contributed by atoms with Gasteiger partial charge in [0.15, 0.2) is 5.82 Å². The first-order chi connectivity index (χ1) is 24.6. The van der Waals surface area contributed by atoms with Crippen molar-refractivity contribution in [3.05, 3.63) is 93.5 Å². The number of fused-ring (bicyclic) bond motifs is 5. The number of alkyl halides is 4. The molecule has 11 nitrogen and oxygen atoms in total. The van der Waals surface area contributed by atoms with Crippen molar-refractivity contribution in [2.24, 2.45) is 5.92 Å². The monoisotopic (exact) mass is 762 g/mol. The molecule has 1 saturated carbocycles. The van der Waals surface area contributed by atoms with Gasteiger partial charge in [0.25, 0.3) is 12.3 Å². The summed E-state index contributed by atoms with van der Waals surface area (Å²) >= 11 is 6.49. The molecule has 0 bridgehead atoms. The van der Waals surface area contributed by atoms with E-state index < -0.39 is 75.7 Å². The third-order valence-corrected chi connectivity index (χ3v) is 10.2. The topological polar surface area (TPSA) is 150 Å². The van der Waals surface area contributed by atoms with E-state index in [4.69, 9.17) is 16.6 Å². The molecule has 2 aromatic carbocycles. The predicted molar refractivity (Wildman–Crippen MR) is 178 cm³/mol. The van der Waals surface area contributed by atoms with E-state index in [9.17, 15) is 30.8 Å². The maximum Gasteiger partial charge on any atom is 0.293 e. The molecule has 2 aliphatic rings. The number of carbonyl (C=O) groups is 1. The van der Waals surface area contributed by atoms with Crippen LogP contribution in [0.1, 0.15) is 53.0 Å². The van der Waals surface area contributed by atoms with Crippen LogP contribution in [0, 0.1) is 17.6 Å². The second kappa shape index (κ2) is 12.0. The fraction of sp³-hybridized carbons (Fsp3) is 0.273. The number of amides is 1. The normalized spacial score (nSPS) is 18.2. The Hall–Kier alpha value is -5.10. The number of benzene rings is 2. The van der Waals surface area contributed by atoms with Crippen LogP contribution in [0.5, 0.6) is 0 Å². The lowest BCUT2D eigenvalue weighted by Crippen LogP contribution is -2.35. The van der Waals surface area contributed by atoms with Crippen LogP contribution in [0.15, 0.2) is 48.7 Å². The maximum absolute atomic E-state index is 15.3. The third-order valence-electron chi connectivity index (χ3n) is 9.29. The van der Waals surface area contributed by atoms with Gasteiger partial charge >= 0.3 is 0 Å². The average molecular weight is 763 g/mol. The molecule has 1 amide bonds. The summed E-state index contributed by atoms with van der Waals surface area (Å²) in [6, 6.07) is 7.96. The molecule has 6 aromatic rings. The molecule has 0 saturated heterocycles. The van der Waals surface area contributed by atoms with Gasteiger partial charge in [0.2, 0.25) is 15.9 Å². The first kappa shape index (κ1) is 34.0. The zero-order valence-electron chi connectivity index (χ0n) is 26.6. The quantitative estimate of drug-likeness (QED) is 0.112. The number of hydrogen-bond acceptors (Lipinski definition) is 6. The second-order valence-corrected chi connectivity index (χ2v) is 15.1. The number of H-pyrrole nitrogens is 2. The number of nitrogens with zero attached hydrogens (tertiary/aromatic N) is 4. The van der Waals surface area contributed by atoms with Gasteiger partial charge in [-0.1, -0.05) is 17.7 Å². The highest BCUT2D eigenvalue weighted by molar-refractivity contribution is 7.92. The highest BCUT2D eigenvalue weighted by Crippen LogP contribution is 2.68. The van der Waals surface area contributed by atoms with Gasteiger partial charge in [-0.2, -0.15) is 19.0 Å². The Bertz CT molecular complexity index is 2530. The number of carbonyl (C=O) groups excluding carboxylic acids is 1. The molecule has 0 aliphatic heterocycles. The minimum Gasteiger partial charge on any atom is -0.360 e. The van der Waals surface area contributed by atoms with Crippen LogP contribution in [0.25, 0.3) is 33.1 Å². The van der Waals surface area contributed by atoms with Crippen molar-refractivity contribution in [2.75, 3.05) is 11.0 Å². The summed E-state index contributed by atoms with van der Waals surface area (Å²) in [6.07, 6.45) is -0.830. The summed E-state index contributed by atoms with van der Waals surface area (Å²) in [4.78, 5) is 21.6. The largest absolute Gasteiger partial charge is 0.360 e. The Labute approximate surface area is 294 Å². The van der Waals surface area contributed by atoms with Gasteiger partial charge < -0.3 is 10.3 Å². The van der Waals surface area contributed by atoms with Crippen molar-refractivity contribution in [1.29, 1.82) is 0 Å². The first-order valence-electron chi connectivity index (χ1n) is 15.7. The Balaban J connectivity index is 1.25. The summed E-state index contributed by atoms with van der Waals surface area (Å²) < 4.78 is 114. The Morgan fingerprint density at radius 2 is 1.85 bits per heavy atom. The summed E-state index contributed by atoms with van der Waals surface area (Å²) in [6.45, 7) is -0.869. The molecular weight excluding hydrogens is 738 g/mol. The van der Waals surface area contributed by atoms with Crippen LogP contribution in [0.2, 0.25) is 5.02 Å². The van der Waals surface area contributed by atoms with Crippen LogP contribution >= 0.6 is 11.6 Å². The molecule has 270 valence electrons. The van der Waals surface area contributed by atoms with Gasteiger partial charge in [-0.25, -0.2) is 31.0 Å². The minimum atomic E-state index is -3.78. The number of rotatable bonds is 10. The highest BCUT2D eigenvalue weighted by Gasteiger charge is 2.67. The van der Waals surface area contributed by atoms with Crippen LogP contribution in [-0.4, -0.2) is 50.5 Å². The smallest absolute Gasteiger partial charge is 0.293 e. The minimum absolute atomic E-state index is 0.0417. The molecule has 4 N–H and O–H groups in total. The molecule has 0 unspecified atom stereocenters. The number of aromatic amines is 2. The molecule has 19 heteroatoms. The number of pyridine rings is 1. The summed E-state index contributed by atoms with van der Waals surface area (Å²) in [7, 11) is -3.78. The van der Waals surface area contributed by atoms with Gasteiger partial charge in [-0.05, 0) is 54.7 Å². The lowest BCUT2D eigenvalue weighted by atomic mass is 9.93. The molecule has 4 heterocycles. The van der Waals surface area contributed by atoms with Gasteiger partial charge in [0, 0.05) is 34.9 Å². The molecule has 4 aromatic heterocycles. The zero-order chi connectivity index (χ0) is 36.9. The standard InChI is InChI=1S/C33H25ClF6N8O3S/c1-52(50,51)47-32-26-20(34)3-2-16(28(26)44-45-32)17-11-22-21(4-5-41-22)43-27(17)23(8-13-6-14(35)9-15(36)7-13)42-24(49)12-48-30-25(29(46-48)31(37)38)18-10-19(18)33(30,39)40/h2-7,9,11,18-19,23,31,41H,8,10,12H2,1H3,(H,42,49)(H2,44,45,47)/t18-,19+,23-/m0/s1. The van der Waals surface area contributed by atoms with Crippen LogP contribution < -0.4 is 10.0 Å². The molecule has 0 spiro atoms. The van der Waals surface area contributed by atoms with Crippen LogP contribution in [0.4, 0.5) is 32.2 Å². The molecule has 1 fully saturated rings.